The smallest absolute Gasteiger partial charge is 0.405 e. The first-order valence-corrected chi connectivity index (χ1v) is 6.09. The summed E-state index contributed by atoms with van der Waals surface area (Å²) in [5, 5.41) is -0.0466. The standard InChI is InChI=1S/C11H8BrF5O2/c12-5-8(18)3-6-1-2-7(10(13)14)4-9(6)19-11(15,16)17/h1-2,4,10H,3,5H2. The van der Waals surface area contributed by atoms with E-state index in [4.69, 9.17) is 0 Å². The fourth-order valence-electron chi connectivity index (χ4n) is 1.33. The summed E-state index contributed by atoms with van der Waals surface area (Å²) < 4.78 is 65.0. The van der Waals surface area contributed by atoms with Crippen molar-refractivity contribution in [2.24, 2.45) is 0 Å². The quantitative estimate of drug-likeness (QED) is 0.594. The number of halogens is 6. The van der Waals surface area contributed by atoms with Crippen LogP contribution in [0.2, 0.25) is 0 Å². The van der Waals surface area contributed by atoms with Gasteiger partial charge in [-0.2, -0.15) is 0 Å². The van der Waals surface area contributed by atoms with E-state index in [-0.39, 0.29) is 17.3 Å². The van der Waals surface area contributed by atoms with Crippen LogP contribution in [0, 0.1) is 0 Å². The van der Waals surface area contributed by atoms with Crippen LogP contribution < -0.4 is 4.74 Å². The molecule has 0 bridgehead atoms. The van der Waals surface area contributed by atoms with Crippen molar-refractivity contribution >= 4 is 21.7 Å². The van der Waals surface area contributed by atoms with Crippen LogP contribution >= 0.6 is 15.9 Å². The lowest BCUT2D eigenvalue weighted by molar-refractivity contribution is -0.275. The minimum atomic E-state index is -5.01. The number of alkyl halides is 6. The normalized spacial score (nSPS) is 11.7. The van der Waals surface area contributed by atoms with Crippen LogP contribution in [-0.2, 0) is 11.2 Å². The number of hydrogen-bond donors (Lipinski definition) is 0. The van der Waals surface area contributed by atoms with Gasteiger partial charge in [0.05, 0.1) is 5.33 Å². The molecular weight excluding hydrogens is 339 g/mol. The van der Waals surface area contributed by atoms with E-state index in [9.17, 15) is 26.7 Å². The minimum Gasteiger partial charge on any atom is -0.405 e. The van der Waals surface area contributed by atoms with Crippen LogP contribution in [0.3, 0.4) is 0 Å². The first-order valence-electron chi connectivity index (χ1n) is 4.97. The lowest BCUT2D eigenvalue weighted by Crippen LogP contribution is -2.19. The number of benzene rings is 1. The van der Waals surface area contributed by atoms with Gasteiger partial charge in [0.25, 0.3) is 6.43 Å². The minimum absolute atomic E-state index is 0.0466. The SMILES string of the molecule is O=C(CBr)Cc1ccc(C(F)F)cc1OC(F)(F)F. The summed E-state index contributed by atoms with van der Waals surface area (Å²) in [6, 6.07) is 2.59. The molecule has 1 rings (SSSR count). The number of Topliss-reactive ketones (excluding diaryl/α,β-unsaturated/α-hetero) is 1. The molecule has 1 aromatic rings. The zero-order valence-corrected chi connectivity index (χ0v) is 10.9. The summed E-state index contributed by atoms with van der Waals surface area (Å²) in [7, 11) is 0. The average molecular weight is 347 g/mol. The molecule has 2 nitrogen and oxygen atoms in total. The predicted octanol–water partition coefficient (Wildman–Crippen LogP) is 4.03. The molecule has 0 atom stereocenters. The topological polar surface area (TPSA) is 26.3 Å². The van der Waals surface area contributed by atoms with Gasteiger partial charge in [-0.15, -0.1) is 13.2 Å². The van der Waals surface area contributed by atoms with Gasteiger partial charge in [-0.05, 0) is 6.07 Å². The second kappa shape index (κ2) is 6.31. The Hall–Kier alpha value is -1.18. The maximum absolute atomic E-state index is 12.4. The van der Waals surface area contributed by atoms with E-state index < -0.39 is 29.9 Å². The predicted molar refractivity (Wildman–Crippen MR) is 60.6 cm³/mol. The zero-order chi connectivity index (χ0) is 14.6. The van der Waals surface area contributed by atoms with Crippen molar-refractivity contribution in [1.82, 2.24) is 0 Å². The Balaban J connectivity index is 3.11. The van der Waals surface area contributed by atoms with Gasteiger partial charge in [0, 0.05) is 17.5 Å². The second-order valence-corrected chi connectivity index (χ2v) is 4.13. The number of hydrogen-bond acceptors (Lipinski definition) is 2. The van der Waals surface area contributed by atoms with Crippen LogP contribution in [-0.4, -0.2) is 17.5 Å². The average Bonchev–Trinajstić information content (AvgIpc) is 2.29. The van der Waals surface area contributed by atoms with E-state index in [0.717, 1.165) is 12.1 Å². The van der Waals surface area contributed by atoms with Gasteiger partial charge < -0.3 is 4.74 Å². The fraction of sp³-hybridized carbons (Fsp3) is 0.364. The molecule has 8 heteroatoms. The number of carbonyl (C=O) groups is 1. The highest BCUT2D eigenvalue weighted by Gasteiger charge is 2.32. The molecule has 19 heavy (non-hydrogen) atoms. The molecule has 0 aliphatic heterocycles. The number of ketones is 1. The van der Waals surface area contributed by atoms with Crippen molar-refractivity contribution in [2.45, 2.75) is 19.2 Å². The second-order valence-electron chi connectivity index (χ2n) is 3.56. The highest BCUT2D eigenvalue weighted by Crippen LogP contribution is 2.31. The number of rotatable bonds is 5. The highest BCUT2D eigenvalue weighted by atomic mass is 79.9. The molecule has 0 aromatic heterocycles. The van der Waals surface area contributed by atoms with E-state index in [1.54, 1.807) is 0 Å². The Morgan fingerprint density at radius 3 is 2.42 bits per heavy atom. The molecule has 0 spiro atoms. The van der Waals surface area contributed by atoms with Crippen LogP contribution in [0.4, 0.5) is 22.0 Å². The van der Waals surface area contributed by atoms with Crippen molar-refractivity contribution in [1.29, 1.82) is 0 Å². The molecule has 0 heterocycles. The van der Waals surface area contributed by atoms with Gasteiger partial charge in [-0.1, -0.05) is 28.1 Å². The summed E-state index contributed by atoms with van der Waals surface area (Å²) >= 11 is 2.86. The van der Waals surface area contributed by atoms with E-state index in [1.807, 2.05) is 0 Å². The van der Waals surface area contributed by atoms with Crippen molar-refractivity contribution in [3.05, 3.63) is 29.3 Å². The molecule has 0 aliphatic carbocycles. The summed E-state index contributed by atoms with van der Waals surface area (Å²) in [5.41, 5.74) is -0.694. The van der Waals surface area contributed by atoms with E-state index in [1.165, 1.54) is 0 Å². The molecule has 0 N–H and O–H groups in total. The number of ether oxygens (including phenoxy) is 1. The van der Waals surface area contributed by atoms with Crippen molar-refractivity contribution < 1.29 is 31.5 Å². The zero-order valence-electron chi connectivity index (χ0n) is 9.31. The Morgan fingerprint density at radius 1 is 1.32 bits per heavy atom. The third kappa shape index (κ3) is 5.14. The van der Waals surface area contributed by atoms with Crippen molar-refractivity contribution in [3.63, 3.8) is 0 Å². The third-order valence-electron chi connectivity index (χ3n) is 2.11. The number of carbonyl (C=O) groups excluding carboxylic acids is 1. The third-order valence-corrected chi connectivity index (χ3v) is 2.73. The van der Waals surface area contributed by atoms with Crippen LogP contribution in [0.1, 0.15) is 17.6 Å². The summed E-state index contributed by atoms with van der Waals surface area (Å²) in [5.74, 6) is -1.17. The molecule has 0 aliphatic rings. The van der Waals surface area contributed by atoms with E-state index in [0.29, 0.717) is 6.07 Å². The van der Waals surface area contributed by atoms with Crippen LogP contribution in [0.15, 0.2) is 18.2 Å². The monoisotopic (exact) mass is 346 g/mol. The van der Waals surface area contributed by atoms with Crippen molar-refractivity contribution in [3.8, 4) is 5.75 Å². The van der Waals surface area contributed by atoms with Crippen LogP contribution in [0.25, 0.3) is 0 Å². The van der Waals surface area contributed by atoms with Gasteiger partial charge in [0.2, 0.25) is 0 Å². The molecule has 0 fully saturated rings. The fourth-order valence-corrected chi connectivity index (χ4v) is 1.53. The first-order chi connectivity index (χ1) is 8.73. The first kappa shape index (κ1) is 15.9. The maximum Gasteiger partial charge on any atom is 0.573 e. The Bertz CT molecular complexity index is 459. The highest BCUT2D eigenvalue weighted by molar-refractivity contribution is 9.09. The van der Waals surface area contributed by atoms with E-state index in [2.05, 4.69) is 20.7 Å². The van der Waals surface area contributed by atoms with Gasteiger partial charge in [-0.3, -0.25) is 4.79 Å². The Morgan fingerprint density at radius 2 is 1.95 bits per heavy atom. The molecule has 1 aromatic carbocycles. The lowest BCUT2D eigenvalue weighted by atomic mass is 10.1. The summed E-state index contributed by atoms with van der Waals surface area (Å²) in [6.45, 7) is 0. The molecular formula is C11H8BrF5O2. The summed E-state index contributed by atoms with van der Waals surface area (Å²) in [4.78, 5) is 11.2. The molecule has 0 saturated carbocycles. The van der Waals surface area contributed by atoms with E-state index >= 15 is 0 Å². The largest absolute Gasteiger partial charge is 0.573 e. The lowest BCUT2D eigenvalue weighted by Gasteiger charge is -2.14. The Labute approximate surface area is 113 Å². The van der Waals surface area contributed by atoms with Gasteiger partial charge >= 0.3 is 6.36 Å². The van der Waals surface area contributed by atoms with Gasteiger partial charge in [0.15, 0.2) is 0 Å². The molecule has 0 radical (unpaired) electrons. The van der Waals surface area contributed by atoms with Crippen LogP contribution in [0.5, 0.6) is 5.75 Å². The molecule has 0 saturated heterocycles. The summed E-state index contributed by atoms with van der Waals surface area (Å²) in [6.07, 6.45) is -8.26. The Kier molecular flexibility index (Phi) is 5.28. The molecule has 0 amide bonds. The maximum atomic E-state index is 12.4. The van der Waals surface area contributed by atoms with Gasteiger partial charge in [-0.25, -0.2) is 8.78 Å². The van der Waals surface area contributed by atoms with Gasteiger partial charge in [0.1, 0.15) is 11.5 Å². The molecule has 106 valence electrons. The molecule has 0 unspecified atom stereocenters. The van der Waals surface area contributed by atoms with Crippen molar-refractivity contribution in [2.75, 3.05) is 5.33 Å².